The molecule has 0 saturated carbocycles. The minimum absolute atomic E-state index is 0.112. The first-order valence-electron chi connectivity index (χ1n) is 5.38. The van der Waals surface area contributed by atoms with Crippen LogP contribution in [0.4, 0.5) is 0 Å². The highest BCUT2D eigenvalue weighted by atomic mass is 35.5. The van der Waals surface area contributed by atoms with Gasteiger partial charge in [0.05, 0.1) is 5.02 Å². The fourth-order valence-electron chi connectivity index (χ4n) is 2.03. The molecule has 1 aliphatic heterocycles. The number of sulfonamides is 1. The Balaban J connectivity index is 2.36. The zero-order valence-electron chi connectivity index (χ0n) is 9.21. The molecule has 0 radical (unpaired) electrons. The van der Waals surface area contributed by atoms with Gasteiger partial charge in [0.15, 0.2) is 0 Å². The van der Waals surface area contributed by atoms with E-state index >= 15 is 0 Å². The van der Waals surface area contributed by atoms with Crippen molar-refractivity contribution in [3.8, 4) is 0 Å². The molecule has 0 spiro atoms. The Morgan fingerprint density at radius 1 is 1.53 bits per heavy atom. The molecule has 0 bridgehead atoms. The smallest absolute Gasteiger partial charge is 0.244 e. The fraction of sp³-hybridized carbons (Fsp3) is 0.500. The van der Waals surface area contributed by atoms with Crippen LogP contribution in [0.2, 0.25) is 5.02 Å². The number of hydrogen-bond acceptors (Lipinski definition) is 4. The summed E-state index contributed by atoms with van der Waals surface area (Å²) in [4.78, 5) is 3.93. The molecular formula is C10H14ClN3O2S. The Morgan fingerprint density at radius 2 is 2.29 bits per heavy atom. The van der Waals surface area contributed by atoms with Gasteiger partial charge in [0.25, 0.3) is 0 Å². The average Bonchev–Trinajstić information content (AvgIpc) is 2.77. The molecule has 0 aliphatic carbocycles. The minimum atomic E-state index is -3.52. The van der Waals surface area contributed by atoms with Crippen LogP contribution in [-0.2, 0) is 10.0 Å². The van der Waals surface area contributed by atoms with Crippen molar-refractivity contribution < 1.29 is 8.42 Å². The Morgan fingerprint density at radius 3 is 2.94 bits per heavy atom. The molecule has 1 unspecified atom stereocenters. The summed E-state index contributed by atoms with van der Waals surface area (Å²) in [5.74, 6) is 0. The third kappa shape index (κ3) is 2.44. The maximum Gasteiger partial charge on any atom is 0.244 e. The third-order valence-electron chi connectivity index (χ3n) is 2.88. The lowest BCUT2D eigenvalue weighted by atomic mass is 10.2. The Labute approximate surface area is 106 Å². The summed E-state index contributed by atoms with van der Waals surface area (Å²) in [5.41, 5.74) is 5.58. The summed E-state index contributed by atoms with van der Waals surface area (Å²) < 4.78 is 26.1. The lowest BCUT2D eigenvalue weighted by Gasteiger charge is -2.22. The van der Waals surface area contributed by atoms with Gasteiger partial charge in [0.1, 0.15) is 4.90 Å². The van der Waals surface area contributed by atoms with Gasteiger partial charge >= 0.3 is 0 Å². The molecule has 2 rings (SSSR count). The highest BCUT2D eigenvalue weighted by molar-refractivity contribution is 7.89. The van der Waals surface area contributed by atoms with E-state index in [4.69, 9.17) is 17.3 Å². The number of nitrogens with two attached hydrogens (primary N) is 1. The second-order valence-corrected chi connectivity index (χ2v) is 6.31. The standard InChI is InChI=1S/C10H14ClN3O2S/c11-8-4-10(7-13-6-8)17(15,16)14-3-1-2-9(14)5-12/h4,6-7,9H,1-3,5,12H2. The van der Waals surface area contributed by atoms with E-state index in [9.17, 15) is 8.42 Å². The molecule has 1 fully saturated rings. The van der Waals surface area contributed by atoms with Crippen LogP contribution in [0.1, 0.15) is 12.8 Å². The van der Waals surface area contributed by atoms with Gasteiger partial charge in [0.2, 0.25) is 10.0 Å². The van der Waals surface area contributed by atoms with Gasteiger partial charge in [-0.3, -0.25) is 4.98 Å². The van der Waals surface area contributed by atoms with Gasteiger partial charge in [-0.1, -0.05) is 11.6 Å². The van der Waals surface area contributed by atoms with Gasteiger partial charge in [-0.05, 0) is 18.9 Å². The molecule has 1 aliphatic rings. The predicted octanol–water partition coefficient (Wildman–Crippen LogP) is 0.847. The van der Waals surface area contributed by atoms with Crippen molar-refractivity contribution in [1.29, 1.82) is 0 Å². The molecule has 1 atom stereocenters. The van der Waals surface area contributed by atoms with Gasteiger partial charge < -0.3 is 5.73 Å². The summed E-state index contributed by atoms with van der Waals surface area (Å²) in [5, 5.41) is 0.314. The van der Waals surface area contributed by atoms with Crippen LogP contribution < -0.4 is 5.73 Å². The second kappa shape index (κ2) is 4.89. The van der Waals surface area contributed by atoms with Gasteiger partial charge in [0, 0.05) is 31.5 Å². The SMILES string of the molecule is NCC1CCCN1S(=O)(=O)c1cncc(Cl)c1. The maximum atomic E-state index is 12.3. The molecule has 5 nitrogen and oxygen atoms in total. The number of rotatable bonds is 3. The van der Waals surface area contributed by atoms with E-state index in [0.717, 1.165) is 12.8 Å². The van der Waals surface area contributed by atoms with Gasteiger partial charge in [-0.25, -0.2) is 8.42 Å². The van der Waals surface area contributed by atoms with Crippen molar-refractivity contribution in [2.75, 3.05) is 13.1 Å². The van der Waals surface area contributed by atoms with Crippen LogP contribution >= 0.6 is 11.6 Å². The van der Waals surface area contributed by atoms with Crippen LogP contribution in [0, 0.1) is 0 Å². The highest BCUT2D eigenvalue weighted by Gasteiger charge is 2.34. The van der Waals surface area contributed by atoms with Crippen molar-refractivity contribution >= 4 is 21.6 Å². The first kappa shape index (κ1) is 12.8. The van der Waals surface area contributed by atoms with Crippen LogP contribution in [-0.4, -0.2) is 36.8 Å². The summed E-state index contributed by atoms with van der Waals surface area (Å²) >= 11 is 5.76. The number of hydrogen-bond donors (Lipinski definition) is 1. The van der Waals surface area contributed by atoms with Crippen molar-refractivity contribution in [2.24, 2.45) is 5.73 Å². The maximum absolute atomic E-state index is 12.3. The second-order valence-electron chi connectivity index (χ2n) is 3.99. The van der Waals surface area contributed by atoms with Gasteiger partial charge in [-0.15, -0.1) is 0 Å². The normalized spacial score (nSPS) is 21.9. The average molecular weight is 276 g/mol. The van der Waals surface area contributed by atoms with Crippen LogP contribution in [0.3, 0.4) is 0 Å². The molecule has 1 aromatic rings. The summed E-state index contributed by atoms with van der Waals surface area (Å²) in [6, 6.07) is 1.30. The predicted molar refractivity (Wildman–Crippen MR) is 65.2 cm³/mol. The topological polar surface area (TPSA) is 76.3 Å². The molecule has 0 aromatic carbocycles. The first-order chi connectivity index (χ1) is 8.05. The largest absolute Gasteiger partial charge is 0.329 e. The van der Waals surface area contributed by atoms with E-state index in [2.05, 4.69) is 4.98 Å². The van der Waals surface area contributed by atoms with E-state index in [0.29, 0.717) is 18.1 Å². The van der Waals surface area contributed by atoms with Crippen molar-refractivity contribution in [3.05, 3.63) is 23.5 Å². The molecule has 0 amide bonds. The highest BCUT2D eigenvalue weighted by Crippen LogP contribution is 2.26. The zero-order valence-corrected chi connectivity index (χ0v) is 10.8. The molecule has 1 aromatic heterocycles. The third-order valence-corrected chi connectivity index (χ3v) is 5.01. The van der Waals surface area contributed by atoms with Crippen molar-refractivity contribution in [3.63, 3.8) is 0 Å². The first-order valence-corrected chi connectivity index (χ1v) is 7.20. The summed E-state index contributed by atoms with van der Waals surface area (Å²) in [7, 11) is -3.52. The molecule has 2 N–H and O–H groups in total. The summed E-state index contributed by atoms with van der Waals surface area (Å²) in [6.07, 6.45) is 4.37. The lowest BCUT2D eigenvalue weighted by molar-refractivity contribution is 0.393. The van der Waals surface area contributed by atoms with Crippen molar-refractivity contribution in [1.82, 2.24) is 9.29 Å². The van der Waals surface area contributed by atoms with E-state index in [1.807, 2.05) is 0 Å². The molecule has 7 heteroatoms. The molecule has 17 heavy (non-hydrogen) atoms. The quantitative estimate of drug-likeness (QED) is 0.887. The van der Waals surface area contributed by atoms with Crippen LogP contribution in [0.5, 0.6) is 0 Å². The number of halogens is 1. The minimum Gasteiger partial charge on any atom is -0.329 e. The molecule has 94 valence electrons. The Hall–Kier alpha value is -0.690. The molecular weight excluding hydrogens is 262 g/mol. The van der Waals surface area contributed by atoms with Crippen molar-refractivity contribution in [2.45, 2.75) is 23.8 Å². The number of nitrogens with zero attached hydrogens (tertiary/aromatic N) is 2. The molecule has 2 heterocycles. The van der Waals surface area contributed by atoms with E-state index < -0.39 is 10.0 Å². The number of pyridine rings is 1. The lowest BCUT2D eigenvalue weighted by Crippen LogP contribution is -2.39. The Kier molecular flexibility index (Phi) is 3.67. The van der Waals surface area contributed by atoms with Gasteiger partial charge in [-0.2, -0.15) is 4.31 Å². The Bertz CT molecular complexity index is 506. The number of aromatic nitrogens is 1. The van der Waals surface area contributed by atoms with Crippen LogP contribution in [0.15, 0.2) is 23.4 Å². The zero-order chi connectivity index (χ0) is 12.5. The monoisotopic (exact) mass is 275 g/mol. The summed E-state index contributed by atoms with van der Waals surface area (Å²) in [6.45, 7) is 0.851. The fourth-order valence-corrected chi connectivity index (χ4v) is 3.96. The van der Waals surface area contributed by atoms with E-state index in [-0.39, 0.29) is 10.9 Å². The van der Waals surface area contributed by atoms with Crippen LogP contribution in [0.25, 0.3) is 0 Å². The van der Waals surface area contributed by atoms with E-state index in [1.54, 1.807) is 0 Å². The van der Waals surface area contributed by atoms with E-state index in [1.165, 1.54) is 22.8 Å². The molecule has 1 saturated heterocycles.